The van der Waals surface area contributed by atoms with Crippen molar-refractivity contribution in [3.8, 4) is 0 Å². The number of piperidine rings is 1. The Morgan fingerprint density at radius 2 is 1.84 bits per heavy atom. The average molecular weight is 369 g/mol. The first-order valence-electron chi connectivity index (χ1n) is 8.80. The number of nitrogens with zero attached hydrogens (tertiary/aromatic N) is 3. The van der Waals surface area contributed by atoms with Gasteiger partial charge in [0.05, 0.1) is 18.8 Å². The van der Waals surface area contributed by atoms with Crippen LogP contribution in [0.5, 0.6) is 0 Å². The number of carbonyl (C=O) groups excluding carboxylic acids is 1. The van der Waals surface area contributed by atoms with Crippen molar-refractivity contribution in [3.63, 3.8) is 0 Å². The van der Waals surface area contributed by atoms with Crippen LogP contribution in [0.15, 0.2) is 17.2 Å². The van der Waals surface area contributed by atoms with Crippen LogP contribution in [0.1, 0.15) is 43.6 Å². The Balaban J connectivity index is 1.88. The van der Waals surface area contributed by atoms with Crippen molar-refractivity contribution in [3.05, 3.63) is 18.0 Å². The van der Waals surface area contributed by atoms with Crippen LogP contribution in [0.2, 0.25) is 0 Å². The Labute approximate surface area is 149 Å². The smallest absolute Gasteiger partial charge is 0.271 e. The van der Waals surface area contributed by atoms with Gasteiger partial charge in [-0.15, -0.1) is 0 Å². The van der Waals surface area contributed by atoms with E-state index in [4.69, 9.17) is 4.74 Å². The topological polar surface area (TPSA) is 71.9 Å². The molecular formula is C17H27N3O4S. The molecule has 0 unspecified atom stereocenters. The van der Waals surface area contributed by atoms with Gasteiger partial charge in [0.2, 0.25) is 10.0 Å². The van der Waals surface area contributed by atoms with Crippen LogP contribution in [0.25, 0.3) is 0 Å². The van der Waals surface area contributed by atoms with Gasteiger partial charge in [-0.2, -0.15) is 4.31 Å². The Bertz CT molecular complexity index is 748. The molecule has 8 heteroatoms. The summed E-state index contributed by atoms with van der Waals surface area (Å²) in [6, 6.07) is 1.51. The zero-order valence-corrected chi connectivity index (χ0v) is 16.0. The van der Waals surface area contributed by atoms with Gasteiger partial charge in [0.15, 0.2) is 0 Å². The molecule has 1 aromatic heterocycles. The molecule has 2 saturated heterocycles. The van der Waals surface area contributed by atoms with Crippen molar-refractivity contribution in [2.24, 2.45) is 7.05 Å². The lowest BCUT2D eigenvalue weighted by atomic mass is 10.0. The molecule has 0 spiro atoms. The van der Waals surface area contributed by atoms with Crippen molar-refractivity contribution in [1.29, 1.82) is 0 Å². The largest absolute Gasteiger partial charge is 0.377 e. The Hall–Kier alpha value is -1.38. The normalized spacial score (nSPS) is 22.1. The van der Waals surface area contributed by atoms with E-state index in [1.807, 2.05) is 13.8 Å². The van der Waals surface area contributed by atoms with Gasteiger partial charge in [0, 0.05) is 32.9 Å². The number of aromatic nitrogens is 1. The number of ether oxygens (including phenoxy) is 1. The molecule has 2 fully saturated rings. The molecule has 0 bridgehead atoms. The molecule has 0 aromatic carbocycles. The maximum absolute atomic E-state index is 13.0. The summed E-state index contributed by atoms with van der Waals surface area (Å²) in [5.41, 5.74) is -0.0172. The minimum Gasteiger partial charge on any atom is -0.377 e. The number of morpholine rings is 1. The van der Waals surface area contributed by atoms with E-state index in [1.54, 1.807) is 22.7 Å². The van der Waals surface area contributed by atoms with Crippen LogP contribution >= 0.6 is 0 Å². The van der Waals surface area contributed by atoms with Gasteiger partial charge in [0.1, 0.15) is 10.6 Å². The van der Waals surface area contributed by atoms with Crippen molar-refractivity contribution in [2.75, 3.05) is 32.8 Å². The third-order valence-corrected chi connectivity index (χ3v) is 6.91. The molecule has 0 aliphatic carbocycles. The highest BCUT2D eigenvalue weighted by molar-refractivity contribution is 7.89. The molecule has 7 nitrogen and oxygen atoms in total. The van der Waals surface area contributed by atoms with E-state index in [1.165, 1.54) is 10.4 Å². The van der Waals surface area contributed by atoms with Crippen LogP contribution in [-0.4, -0.2) is 66.5 Å². The third-order valence-electron chi connectivity index (χ3n) is 5.04. The molecule has 0 atom stereocenters. The zero-order valence-electron chi connectivity index (χ0n) is 15.2. The van der Waals surface area contributed by atoms with E-state index in [0.29, 0.717) is 38.5 Å². The van der Waals surface area contributed by atoms with Crippen LogP contribution < -0.4 is 0 Å². The van der Waals surface area contributed by atoms with Crippen LogP contribution in [0.3, 0.4) is 0 Å². The molecule has 0 N–H and O–H groups in total. The number of amides is 1. The Morgan fingerprint density at radius 1 is 1.16 bits per heavy atom. The molecule has 2 aliphatic heterocycles. The van der Waals surface area contributed by atoms with Gasteiger partial charge in [-0.25, -0.2) is 8.42 Å². The van der Waals surface area contributed by atoms with E-state index in [-0.39, 0.29) is 10.8 Å². The highest BCUT2D eigenvalue weighted by Crippen LogP contribution is 2.26. The highest BCUT2D eigenvalue weighted by atomic mass is 32.2. The predicted octanol–water partition coefficient (Wildman–Crippen LogP) is 1.45. The number of sulfonamides is 1. The fourth-order valence-corrected chi connectivity index (χ4v) is 5.10. The minimum absolute atomic E-state index is 0.157. The summed E-state index contributed by atoms with van der Waals surface area (Å²) in [4.78, 5) is 15.0. The van der Waals surface area contributed by atoms with Crippen molar-refractivity contribution < 1.29 is 17.9 Å². The van der Waals surface area contributed by atoms with E-state index in [0.717, 1.165) is 19.3 Å². The number of aryl methyl sites for hydroxylation is 1. The number of rotatable bonds is 3. The summed E-state index contributed by atoms with van der Waals surface area (Å²) >= 11 is 0. The second kappa shape index (κ2) is 6.74. The van der Waals surface area contributed by atoms with Gasteiger partial charge >= 0.3 is 0 Å². The van der Waals surface area contributed by atoms with Crippen LogP contribution in [0.4, 0.5) is 0 Å². The standard InChI is InChI=1S/C17H27N3O4S/c1-17(2)13-24-10-9-20(17)16(21)15-11-14(12-18(15)3)25(22,23)19-7-5-4-6-8-19/h11-12H,4-10,13H2,1-3H3. The molecular weight excluding hydrogens is 342 g/mol. The lowest BCUT2D eigenvalue weighted by molar-refractivity contribution is -0.0374. The minimum atomic E-state index is -3.54. The lowest BCUT2D eigenvalue weighted by Gasteiger charge is -2.42. The summed E-state index contributed by atoms with van der Waals surface area (Å²) in [6.45, 7) is 6.50. The van der Waals surface area contributed by atoms with E-state index < -0.39 is 15.6 Å². The fourth-order valence-electron chi connectivity index (χ4n) is 3.52. The molecule has 1 aromatic rings. The predicted molar refractivity (Wildman–Crippen MR) is 94.0 cm³/mol. The number of carbonyl (C=O) groups is 1. The average Bonchev–Trinajstić information content (AvgIpc) is 2.97. The van der Waals surface area contributed by atoms with Crippen molar-refractivity contribution >= 4 is 15.9 Å². The van der Waals surface area contributed by atoms with Gasteiger partial charge in [-0.3, -0.25) is 4.79 Å². The maximum Gasteiger partial charge on any atom is 0.271 e. The summed E-state index contributed by atoms with van der Waals surface area (Å²) in [7, 11) is -1.82. The molecule has 1 amide bonds. The first-order chi connectivity index (χ1) is 11.7. The van der Waals surface area contributed by atoms with Gasteiger partial charge in [0.25, 0.3) is 5.91 Å². The SMILES string of the molecule is Cn1cc(S(=O)(=O)N2CCCCC2)cc1C(=O)N1CCOCC1(C)C. The maximum atomic E-state index is 13.0. The number of hydrogen-bond acceptors (Lipinski definition) is 4. The molecule has 0 saturated carbocycles. The quantitative estimate of drug-likeness (QED) is 0.808. The summed E-state index contributed by atoms with van der Waals surface area (Å²) in [6.07, 6.45) is 4.39. The Kier molecular flexibility index (Phi) is 4.96. The van der Waals surface area contributed by atoms with Crippen molar-refractivity contribution in [1.82, 2.24) is 13.8 Å². The molecule has 25 heavy (non-hydrogen) atoms. The van der Waals surface area contributed by atoms with Gasteiger partial charge in [-0.05, 0) is 32.8 Å². The Morgan fingerprint density at radius 3 is 2.48 bits per heavy atom. The summed E-state index contributed by atoms with van der Waals surface area (Å²) in [5, 5.41) is 0. The monoisotopic (exact) mass is 369 g/mol. The first-order valence-corrected chi connectivity index (χ1v) is 10.2. The highest BCUT2D eigenvalue weighted by Gasteiger charge is 2.36. The lowest BCUT2D eigenvalue weighted by Crippen LogP contribution is -2.55. The first kappa shape index (κ1) is 18.4. The molecule has 2 aliphatic rings. The molecule has 140 valence electrons. The molecule has 3 heterocycles. The van der Waals surface area contributed by atoms with E-state index in [2.05, 4.69) is 0 Å². The van der Waals surface area contributed by atoms with Gasteiger partial charge in [-0.1, -0.05) is 6.42 Å². The summed E-state index contributed by atoms with van der Waals surface area (Å²) < 4.78 is 34.3. The second-order valence-electron chi connectivity index (χ2n) is 7.46. The van der Waals surface area contributed by atoms with Gasteiger partial charge < -0.3 is 14.2 Å². The molecule has 3 rings (SSSR count). The zero-order chi connectivity index (χ0) is 18.2. The fraction of sp³-hybridized carbons (Fsp3) is 0.706. The second-order valence-corrected chi connectivity index (χ2v) is 9.40. The summed E-state index contributed by atoms with van der Waals surface area (Å²) in [5.74, 6) is -0.157. The van der Waals surface area contributed by atoms with Crippen LogP contribution in [0, 0.1) is 0 Å². The number of hydrogen-bond donors (Lipinski definition) is 0. The molecule has 0 radical (unpaired) electrons. The van der Waals surface area contributed by atoms with E-state index in [9.17, 15) is 13.2 Å². The van der Waals surface area contributed by atoms with Crippen molar-refractivity contribution in [2.45, 2.75) is 43.5 Å². The third kappa shape index (κ3) is 3.47. The van der Waals surface area contributed by atoms with Crippen LogP contribution in [-0.2, 0) is 21.8 Å². The van der Waals surface area contributed by atoms with E-state index >= 15 is 0 Å².